The molecule has 5 heterocycles. The molecule has 444 valence electrons. The summed E-state index contributed by atoms with van der Waals surface area (Å²) >= 11 is 6.83. The molecule has 0 spiro atoms. The number of fused-ring (bicyclic) bond motifs is 5. The van der Waals surface area contributed by atoms with Crippen molar-refractivity contribution in [3.8, 4) is 5.75 Å². The van der Waals surface area contributed by atoms with E-state index in [2.05, 4.69) is 20.9 Å². The third kappa shape index (κ3) is 15.6. The van der Waals surface area contributed by atoms with Crippen LogP contribution in [0.2, 0.25) is 5.02 Å². The van der Waals surface area contributed by atoms with E-state index in [1.807, 2.05) is 26.8 Å². The van der Waals surface area contributed by atoms with E-state index in [0.717, 1.165) is 15.8 Å². The second-order valence-electron chi connectivity index (χ2n) is 21.3. The van der Waals surface area contributed by atoms with Gasteiger partial charge in [-0.25, -0.2) is 29.3 Å². The van der Waals surface area contributed by atoms with Gasteiger partial charge in [-0.3, -0.25) is 33.9 Å². The van der Waals surface area contributed by atoms with E-state index >= 15 is 0 Å². The van der Waals surface area contributed by atoms with E-state index in [1.165, 1.54) is 71.2 Å². The zero-order valence-electron chi connectivity index (χ0n) is 47.5. The van der Waals surface area contributed by atoms with Crippen molar-refractivity contribution in [2.24, 2.45) is 18.1 Å². The molecule has 4 bridgehead atoms. The molecule has 0 saturated carbocycles. The topological polar surface area (TPSA) is 301 Å². The van der Waals surface area contributed by atoms with E-state index in [1.54, 1.807) is 52.1 Å². The number of esters is 1. The van der Waals surface area contributed by atoms with Gasteiger partial charge in [0.25, 0.3) is 11.8 Å². The third-order valence-corrected chi connectivity index (χ3v) is 18.1. The number of nitrogens with zero attached hydrogens (tertiary/aromatic N) is 7. The maximum Gasteiger partial charge on any atom is 0.409 e. The number of benzene rings is 1. The zero-order valence-corrected chi connectivity index (χ0v) is 49.9. The van der Waals surface area contributed by atoms with Crippen LogP contribution in [0.25, 0.3) is 0 Å². The van der Waals surface area contributed by atoms with Crippen molar-refractivity contribution in [2.45, 2.75) is 159 Å². The number of nitrogens with one attached hydrogen (secondary N) is 2. The van der Waals surface area contributed by atoms with Crippen LogP contribution >= 0.6 is 33.2 Å². The fraction of sp³-hybridized carbons (Fsp3) is 0.604. The number of hydrazone groups is 1. The average Bonchev–Trinajstić information content (AvgIpc) is 4.15. The number of aryl methyl sites for hydroxylation is 1. The fourth-order valence-electron chi connectivity index (χ4n) is 9.50. The minimum Gasteiger partial charge on any atom is -0.495 e. The molecule has 4 aliphatic heterocycles. The number of epoxide rings is 1. The molecule has 81 heavy (non-hydrogen) atoms. The molecule has 0 aliphatic carbocycles. The van der Waals surface area contributed by atoms with E-state index in [9.17, 15) is 48.3 Å². The summed E-state index contributed by atoms with van der Waals surface area (Å²) < 4.78 is 31.2. The van der Waals surface area contributed by atoms with E-state index in [0.29, 0.717) is 28.7 Å². The molecule has 2 aromatic rings. The van der Waals surface area contributed by atoms with Gasteiger partial charge in [0.1, 0.15) is 46.4 Å². The average molecular weight is 1190 g/mol. The molecule has 28 heteroatoms. The highest BCUT2D eigenvalue weighted by Crippen LogP contribution is 2.49. The van der Waals surface area contributed by atoms with Crippen molar-refractivity contribution in [1.82, 2.24) is 35.1 Å². The lowest BCUT2D eigenvalue weighted by atomic mass is 9.83. The van der Waals surface area contributed by atoms with Crippen molar-refractivity contribution >= 4 is 92.2 Å². The van der Waals surface area contributed by atoms with Crippen LogP contribution in [-0.4, -0.2) is 163 Å². The second kappa shape index (κ2) is 26.8. The van der Waals surface area contributed by atoms with Crippen molar-refractivity contribution in [2.75, 3.05) is 39.0 Å². The number of hydrogen-bond acceptors (Lipinski definition) is 20. The first-order valence-electron chi connectivity index (χ1n) is 26.2. The predicted octanol–water partition coefficient (Wildman–Crippen LogP) is 4.28. The van der Waals surface area contributed by atoms with Crippen LogP contribution < -0.4 is 26.1 Å². The van der Waals surface area contributed by atoms with Gasteiger partial charge in [0.2, 0.25) is 17.7 Å². The fourth-order valence-corrected chi connectivity index (χ4v) is 12.3. The van der Waals surface area contributed by atoms with Gasteiger partial charge in [0.15, 0.2) is 11.5 Å². The van der Waals surface area contributed by atoms with E-state index in [4.69, 9.17) is 40.1 Å². The number of halogens is 1. The van der Waals surface area contributed by atoms with Crippen molar-refractivity contribution in [1.29, 1.82) is 0 Å². The highest BCUT2D eigenvalue weighted by atomic mass is 35.5. The molecular formula is C53H72ClN9O16S2. The summed E-state index contributed by atoms with van der Waals surface area (Å²) in [7, 11) is 10.1. The molecule has 4 aliphatic rings. The van der Waals surface area contributed by atoms with Gasteiger partial charge >= 0.3 is 23.7 Å². The molecule has 3 fully saturated rings. The summed E-state index contributed by atoms with van der Waals surface area (Å²) in [6, 6.07) is 2.41. The molecule has 0 radical (unpaired) electrons. The normalized spacial score (nSPS) is 25.9. The molecule has 0 unspecified atom stereocenters. The molecule has 6 rings (SSSR count). The highest BCUT2D eigenvalue weighted by molar-refractivity contribution is 8.77. The minimum atomic E-state index is -1.89. The summed E-state index contributed by atoms with van der Waals surface area (Å²) in [5.74, 6) is -3.92. The molecule has 1 aromatic carbocycles. The Labute approximate surface area is 482 Å². The molecule has 1 aromatic heterocycles. The number of methoxy groups -OCH3 is 2. The quantitative estimate of drug-likeness (QED) is 0.0336. The summed E-state index contributed by atoms with van der Waals surface area (Å²) in [4.78, 5) is 124. The number of carbonyl (C=O) groups is 8. The van der Waals surface area contributed by atoms with E-state index in [-0.39, 0.29) is 80.4 Å². The van der Waals surface area contributed by atoms with E-state index < -0.39 is 99.8 Å². The second-order valence-corrected chi connectivity index (χ2v) is 24.8. The number of rotatable bonds is 19. The Morgan fingerprint density at radius 1 is 1.09 bits per heavy atom. The first-order valence-corrected chi connectivity index (χ1v) is 28.9. The molecule has 8 atom stereocenters. The number of likely N-dealkylation sites (N-methyl/N-ethyl adjacent to an activating group) is 1. The Morgan fingerprint density at radius 3 is 2.44 bits per heavy atom. The summed E-state index contributed by atoms with van der Waals surface area (Å²) in [5.41, 5.74) is 1.02. The first kappa shape index (κ1) is 63.9. The summed E-state index contributed by atoms with van der Waals surface area (Å²) in [5, 5.41) is 23.4. The summed E-state index contributed by atoms with van der Waals surface area (Å²) in [6.07, 6.45) is 0.242. The van der Waals surface area contributed by atoms with Crippen molar-refractivity contribution in [3.05, 3.63) is 62.8 Å². The Balaban J connectivity index is 1.05. The number of amides is 6. The monoisotopic (exact) mass is 1190 g/mol. The first-order chi connectivity index (χ1) is 38.0. The van der Waals surface area contributed by atoms with Crippen LogP contribution in [0.3, 0.4) is 0 Å². The van der Waals surface area contributed by atoms with Crippen molar-refractivity contribution in [3.63, 3.8) is 0 Å². The number of hydrogen-bond donors (Lipinski definition) is 3. The zero-order chi connectivity index (χ0) is 59.9. The van der Waals surface area contributed by atoms with Gasteiger partial charge in [-0.15, -0.1) is 10.2 Å². The number of imide groups is 1. The maximum absolute atomic E-state index is 14.4. The largest absolute Gasteiger partial charge is 0.495 e. The maximum atomic E-state index is 14.4. The third-order valence-electron chi connectivity index (χ3n) is 14.5. The molecule has 25 nitrogen and oxygen atoms in total. The van der Waals surface area contributed by atoms with Gasteiger partial charge in [-0.1, -0.05) is 63.9 Å². The number of carbonyl (C=O) groups excluding carboxylic acids is 8. The minimum absolute atomic E-state index is 0.0139. The number of anilines is 1. The van der Waals surface area contributed by atoms with Gasteiger partial charge in [-0.05, 0) is 72.1 Å². The van der Waals surface area contributed by atoms with Crippen LogP contribution in [0.5, 0.6) is 5.75 Å². The van der Waals surface area contributed by atoms with Crippen LogP contribution in [0.1, 0.15) is 111 Å². The number of aliphatic hydroxyl groups is 1. The lowest BCUT2D eigenvalue weighted by Crippen LogP contribution is -2.63. The predicted molar refractivity (Wildman–Crippen MR) is 299 cm³/mol. The van der Waals surface area contributed by atoms with Gasteiger partial charge < -0.3 is 43.4 Å². The van der Waals surface area contributed by atoms with Crippen LogP contribution in [0, 0.1) is 5.92 Å². The molecule has 3 N–H and O–H groups in total. The number of allylic oxidation sites excluding steroid dienone is 3. The Hall–Kier alpha value is -6.26. The Kier molecular flexibility index (Phi) is 21.1. The number of alkyl carbamates (subject to hydrolysis) is 1. The standard InChI is InChI=1S/C53H72ClN9O16S2/c1-29-15-13-16-37(75-12)53(73)27-36(76-49(71)55-53)30(2)46-52(7,78-46)38(26-43(68)60(9)34-24-33(23-29)25-35(74-11)45(34)54)77-48(70)32(4)59(8)40(65)20-22-80-81-51(5,6)28-39(64)57-56-31(3)47-58-62(50(72)61(47)10)21-14-17-44(69)79-63-41(66)18-19-42(63)67/h13,15-16,24-25,30,32,36-38,46,73H,14,17-23,26-28H2,1-12H3,(H,55,71)(H,57,64)/b16-13+,29-15+,56-31-/t30-,32+,36+,37-,38+,46+,52+,53+/m1/s1. The number of aromatic nitrogens is 3. The Bertz CT molecular complexity index is 2910. The number of ether oxygens (including phenoxy) is 5. The Morgan fingerprint density at radius 2 is 1.78 bits per heavy atom. The lowest BCUT2D eigenvalue weighted by Gasteiger charge is -2.42. The van der Waals surface area contributed by atoms with Crippen molar-refractivity contribution < 1.29 is 72.0 Å². The van der Waals surface area contributed by atoms with Gasteiger partial charge in [0, 0.05) is 89.7 Å². The summed E-state index contributed by atoms with van der Waals surface area (Å²) in [6.45, 7) is 12.1. The van der Waals surface area contributed by atoms with Gasteiger partial charge in [0.05, 0.1) is 25.3 Å². The molecule has 6 amide bonds. The van der Waals surface area contributed by atoms with Crippen LogP contribution in [-0.2, 0) is 77.4 Å². The number of hydroxylamine groups is 2. The lowest BCUT2D eigenvalue weighted by molar-refractivity contribution is -0.197. The molecular weight excluding hydrogens is 1120 g/mol. The van der Waals surface area contributed by atoms with Crippen LogP contribution in [0.15, 0.2) is 45.8 Å². The smallest absolute Gasteiger partial charge is 0.409 e. The highest BCUT2D eigenvalue weighted by Gasteiger charge is 2.64. The van der Waals surface area contributed by atoms with Crippen LogP contribution in [0.4, 0.5) is 10.5 Å². The SMILES string of the molecule is COc1cc2cc(c1Cl)N(C)C(=O)C[C@H](OC(=O)[C@H](C)N(C)C(=O)CCSSC(C)(C)CC(=O)N/N=C(/C)c1nn(CCCC(=O)ON3C(=O)CCC3=O)c(=O)n1C)[C@]1(C)O[C@H]1[C@H](C)[C@@H]1C[C@@](O)(NC(=O)O1)[C@H](OC)/C=C/C=C(\C)C2. The molecule has 3 saturated heterocycles. The van der Waals surface area contributed by atoms with Gasteiger partial charge in [-0.2, -0.15) is 5.10 Å².